The molecule has 90 valence electrons. The van der Waals surface area contributed by atoms with Crippen molar-refractivity contribution in [2.45, 2.75) is 38.8 Å². The van der Waals surface area contributed by atoms with Gasteiger partial charge in [0.2, 0.25) is 0 Å². The predicted molar refractivity (Wildman–Crippen MR) is 64.7 cm³/mol. The Morgan fingerprint density at radius 1 is 1.50 bits per heavy atom. The zero-order chi connectivity index (χ0) is 12.0. The van der Waals surface area contributed by atoms with Crippen LogP contribution in [-0.4, -0.2) is 18.2 Å². The number of aromatic nitrogens is 1. The Morgan fingerprint density at radius 2 is 2.25 bits per heavy atom. The molecule has 16 heavy (non-hydrogen) atoms. The minimum atomic E-state index is -0.00181. The fourth-order valence-corrected chi connectivity index (χ4v) is 1.79. The average Bonchev–Trinajstić information content (AvgIpc) is 2.31. The van der Waals surface area contributed by atoms with Crippen LogP contribution in [0, 0.1) is 6.92 Å². The third kappa shape index (κ3) is 3.27. The summed E-state index contributed by atoms with van der Waals surface area (Å²) in [5.74, 6) is 5.59. The normalized spacial score (nSPS) is 14.8. The molecule has 2 unspecified atom stereocenters. The maximum absolute atomic E-state index is 5.59. The van der Waals surface area contributed by atoms with Crippen molar-refractivity contribution in [2.24, 2.45) is 5.84 Å². The topological polar surface area (TPSA) is 60.2 Å². The standard InChI is InChI=1S/C12H21N3O/c1-4-5-11(16-3)12(15-13)10-7-6-9(2)14-8-10/h6-8,11-12,15H,4-5,13H2,1-3H3. The van der Waals surface area contributed by atoms with E-state index in [0.717, 1.165) is 24.1 Å². The molecule has 0 saturated carbocycles. The second-order valence-corrected chi connectivity index (χ2v) is 3.94. The summed E-state index contributed by atoms with van der Waals surface area (Å²) in [6.45, 7) is 4.10. The molecule has 4 heteroatoms. The van der Waals surface area contributed by atoms with Gasteiger partial charge in [0.1, 0.15) is 0 Å². The van der Waals surface area contributed by atoms with Crippen molar-refractivity contribution < 1.29 is 4.74 Å². The lowest BCUT2D eigenvalue weighted by molar-refractivity contribution is 0.0605. The summed E-state index contributed by atoms with van der Waals surface area (Å²) < 4.78 is 5.46. The molecular weight excluding hydrogens is 202 g/mol. The Labute approximate surface area is 97.2 Å². The van der Waals surface area contributed by atoms with Crippen LogP contribution in [0.15, 0.2) is 18.3 Å². The number of hydrogen-bond donors (Lipinski definition) is 2. The molecule has 3 N–H and O–H groups in total. The smallest absolute Gasteiger partial charge is 0.0779 e. The molecule has 0 bridgehead atoms. The van der Waals surface area contributed by atoms with Crippen molar-refractivity contribution in [1.82, 2.24) is 10.4 Å². The van der Waals surface area contributed by atoms with E-state index < -0.39 is 0 Å². The summed E-state index contributed by atoms with van der Waals surface area (Å²) >= 11 is 0. The van der Waals surface area contributed by atoms with Gasteiger partial charge in [0.15, 0.2) is 0 Å². The van der Waals surface area contributed by atoms with Gasteiger partial charge in [0.05, 0.1) is 12.1 Å². The minimum Gasteiger partial charge on any atom is -0.379 e. The first kappa shape index (κ1) is 13.1. The number of hydrazine groups is 1. The zero-order valence-corrected chi connectivity index (χ0v) is 10.2. The van der Waals surface area contributed by atoms with Crippen molar-refractivity contribution in [3.05, 3.63) is 29.6 Å². The summed E-state index contributed by atoms with van der Waals surface area (Å²) in [4.78, 5) is 4.27. The molecule has 0 aliphatic carbocycles. The molecule has 0 fully saturated rings. The number of hydrogen-bond acceptors (Lipinski definition) is 4. The fraction of sp³-hybridized carbons (Fsp3) is 0.583. The quantitative estimate of drug-likeness (QED) is 0.569. The van der Waals surface area contributed by atoms with E-state index in [2.05, 4.69) is 17.3 Å². The van der Waals surface area contributed by atoms with Crippen LogP contribution in [0.25, 0.3) is 0 Å². The maximum atomic E-state index is 5.59. The molecule has 1 aromatic heterocycles. The van der Waals surface area contributed by atoms with Gasteiger partial charge in [-0.25, -0.2) is 0 Å². The molecule has 1 rings (SSSR count). The highest BCUT2D eigenvalue weighted by Gasteiger charge is 2.21. The van der Waals surface area contributed by atoms with Crippen LogP contribution < -0.4 is 11.3 Å². The Kier molecular flexibility index (Phi) is 5.38. The molecule has 2 atom stereocenters. The van der Waals surface area contributed by atoms with Gasteiger partial charge in [-0.05, 0) is 25.0 Å². The van der Waals surface area contributed by atoms with Gasteiger partial charge < -0.3 is 4.74 Å². The van der Waals surface area contributed by atoms with Crippen molar-refractivity contribution >= 4 is 0 Å². The Balaban J connectivity index is 2.83. The highest BCUT2D eigenvalue weighted by Crippen LogP contribution is 2.21. The first-order chi connectivity index (χ1) is 7.72. The summed E-state index contributed by atoms with van der Waals surface area (Å²) in [5, 5.41) is 0. The van der Waals surface area contributed by atoms with E-state index >= 15 is 0 Å². The summed E-state index contributed by atoms with van der Waals surface area (Å²) in [5.41, 5.74) is 4.88. The van der Waals surface area contributed by atoms with Crippen LogP contribution in [0.4, 0.5) is 0 Å². The van der Waals surface area contributed by atoms with E-state index in [1.165, 1.54) is 0 Å². The number of ether oxygens (including phenoxy) is 1. The third-order valence-electron chi connectivity index (χ3n) is 2.72. The van der Waals surface area contributed by atoms with Crippen LogP contribution >= 0.6 is 0 Å². The van der Waals surface area contributed by atoms with Gasteiger partial charge in [0.25, 0.3) is 0 Å². The number of pyridine rings is 1. The molecule has 1 heterocycles. The van der Waals surface area contributed by atoms with Crippen LogP contribution in [-0.2, 0) is 4.74 Å². The molecular formula is C12H21N3O. The molecule has 4 nitrogen and oxygen atoms in total. The van der Waals surface area contributed by atoms with Gasteiger partial charge >= 0.3 is 0 Å². The number of nitrogens with one attached hydrogen (secondary N) is 1. The Hall–Kier alpha value is -0.970. The van der Waals surface area contributed by atoms with Gasteiger partial charge in [-0.1, -0.05) is 19.4 Å². The van der Waals surface area contributed by atoms with Crippen LogP contribution in [0.2, 0.25) is 0 Å². The lowest BCUT2D eigenvalue weighted by atomic mass is 10.00. The monoisotopic (exact) mass is 223 g/mol. The number of aryl methyl sites for hydroxylation is 1. The highest BCUT2D eigenvalue weighted by atomic mass is 16.5. The van der Waals surface area contributed by atoms with Gasteiger partial charge in [-0.3, -0.25) is 16.3 Å². The molecule has 1 aromatic rings. The first-order valence-electron chi connectivity index (χ1n) is 5.64. The second-order valence-electron chi connectivity index (χ2n) is 3.94. The van der Waals surface area contributed by atoms with Gasteiger partial charge in [0, 0.05) is 19.0 Å². The summed E-state index contributed by atoms with van der Waals surface area (Å²) in [7, 11) is 1.71. The van der Waals surface area contributed by atoms with E-state index in [9.17, 15) is 0 Å². The van der Waals surface area contributed by atoms with Crippen molar-refractivity contribution in [2.75, 3.05) is 7.11 Å². The second kappa shape index (κ2) is 6.58. The zero-order valence-electron chi connectivity index (χ0n) is 10.2. The number of nitrogens with zero attached hydrogens (tertiary/aromatic N) is 1. The lowest BCUT2D eigenvalue weighted by Crippen LogP contribution is -2.37. The number of methoxy groups -OCH3 is 1. The summed E-state index contributed by atoms with van der Waals surface area (Å²) in [6.07, 6.45) is 3.97. The third-order valence-corrected chi connectivity index (χ3v) is 2.72. The van der Waals surface area contributed by atoms with Crippen LogP contribution in [0.3, 0.4) is 0 Å². The average molecular weight is 223 g/mol. The van der Waals surface area contributed by atoms with Crippen LogP contribution in [0.1, 0.15) is 37.1 Å². The SMILES string of the molecule is CCCC(OC)C(NN)c1ccc(C)nc1. The molecule has 0 radical (unpaired) electrons. The maximum Gasteiger partial charge on any atom is 0.0779 e. The van der Waals surface area contributed by atoms with Crippen LogP contribution in [0.5, 0.6) is 0 Å². The largest absolute Gasteiger partial charge is 0.379 e. The molecule has 0 saturated heterocycles. The van der Waals surface area contributed by atoms with E-state index in [-0.39, 0.29) is 12.1 Å². The number of rotatable bonds is 6. The van der Waals surface area contributed by atoms with Gasteiger partial charge in [-0.2, -0.15) is 0 Å². The Bertz CT molecular complexity index is 300. The molecule has 0 aliphatic rings. The van der Waals surface area contributed by atoms with Crippen molar-refractivity contribution in [1.29, 1.82) is 0 Å². The van der Waals surface area contributed by atoms with Gasteiger partial charge in [-0.15, -0.1) is 0 Å². The van der Waals surface area contributed by atoms with E-state index in [1.54, 1.807) is 7.11 Å². The molecule has 0 spiro atoms. The molecule has 0 aliphatic heterocycles. The van der Waals surface area contributed by atoms with Crippen molar-refractivity contribution in [3.8, 4) is 0 Å². The van der Waals surface area contributed by atoms with E-state index in [0.29, 0.717) is 0 Å². The van der Waals surface area contributed by atoms with E-state index in [4.69, 9.17) is 10.6 Å². The molecule has 0 amide bonds. The summed E-state index contributed by atoms with van der Waals surface area (Å²) in [6, 6.07) is 4.02. The van der Waals surface area contributed by atoms with Crippen molar-refractivity contribution in [3.63, 3.8) is 0 Å². The molecule has 0 aromatic carbocycles. The predicted octanol–water partition coefficient (Wildman–Crippen LogP) is 1.71. The minimum absolute atomic E-state index is 0.00181. The van der Waals surface area contributed by atoms with E-state index in [1.807, 2.05) is 25.3 Å². The Morgan fingerprint density at radius 3 is 2.69 bits per heavy atom. The fourth-order valence-electron chi connectivity index (χ4n) is 1.79. The number of nitrogens with two attached hydrogens (primary N) is 1. The highest BCUT2D eigenvalue weighted by molar-refractivity contribution is 5.18. The lowest BCUT2D eigenvalue weighted by Gasteiger charge is -2.25. The first-order valence-corrected chi connectivity index (χ1v) is 5.64.